The number of halogens is 1. The van der Waals surface area contributed by atoms with Gasteiger partial charge < -0.3 is 10.2 Å². The quantitative estimate of drug-likeness (QED) is 0.796. The van der Waals surface area contributed by atoms with Crippen LogP contribution in [0.4, 0.5) is 0 Å². The first-order valence-electron chi connectivity index (χ1n) is 6.76. The first-order chi connectivity index (χ1) is 9.04. The maximum absolute atomic E-state index is 12.3. The SMILES string of the molecule is CN1C2CCC1CC(NC(=O)c1nn(C)cc1I)C2. The van der Waals surface area contributed by atoms with Gasteiger partial charge in [-0.25, -0.2) is 0 Å². The summed E-state index contributed by atoms with van der Waals surface area (Å²) < 4.78 is 2.60. The summed E-state index contributed by atoms with van der Waals surface area (Å²) in [5, 5.41) is 7.40. The fraction of sp³-hybridized carbons (Fsp3) is 0.692. The van der Waals surface area contributed by atoms with Gasteiger partial charge in [0.1, 0.15) is 0 Å². The topological polar surface area (TPSA) is 50.2 Å². The van der Waals surface area contributed by atoms with Gasteiger partial charge in [-0.1, -0.05) is 0 Å². The van der Waals surface area contributed by atoms with Crippen molar-refractivity contribution < 1.29 is 4.79 Å². The molecule has 2 unspecified atom stereocenters. The lowest BCUT2D eigenvalue weighted by atomic mass is 9.98. The van der Waals surface area contributed by atoms with Gasteiger partial charge in [0.2, 0.25) is 0 Å². The van der Waals surface area contributed by atoms with Gasteiger partial charge in [0.05, 0.1) is 3.57 Å². The highest BCUT2D eigenvalue weighted by molar-refractivity contribution is 14.1. The third-order valence-corrected chi connectivity index (χ3v) is 5.22. The van der Waals surface area contributed by atoms with E-state index < -0.39 is 0 Å². The molecule has 19 heavy (non-hydrogen) atoms. The van der Waals surface area contributed by atoms with E-state index in [4.69, 9.17) is 0 Å². The van der Waals surface area contributed by atoms with E-state index in [1.807, 2.05) is 13.2 Å². The molecule has 1 N–H and O–H groups in total. The number of carbonyl (C=O) groups excluding carboxylic acids is 1. The number of piperidine rings is 1. The summed E-state index contributed by atoms with van der Waals surface area (Å²) in [6.45, 7) is 0. The van der Waals surface area contributed by atoms with Crippen molar-refractivity contribution in [2.75, 3.05) is 7.05 Å². The van der Waals surface area contributed by atoms with Crippen LogP contribution < -0.4 is 5.32 Å². The van der Waals surface area contributed by atoms with Crippen molar-refractivity contribution in [3.8, 4) is 0 Å². The van der Waals surface area contributed by atoms with E-state index in [1.54, 1.807) is 4.68 Å². The van der Waals surface area contributed by atoms with Crippen LogP contribution in [0.3, 0.4) is 0 Å². The van der Waals surface area contributed by atoms with Crippen LogP contribution in [0, 0.1) is 3.57 Å². The van der Waals surface area contributed by atoms with Crippen molar-refractivity contribution in [3.05, 3.63) is 15.5 Å². The monoisotopic (exact) mass is 374 g/mol. The molecule has 5 nitrogen and oxygen atoms in total. The molecule has 2 aliphatic rings. The molecule has 2 bridgehead atoms. The zero-order valence-corrected chi connectivity index (χ0v) is 13.4. The van der Waals surface area contributed by atoms with E-state index in [9.17, 15) is 4.79 Å². The Labute approximate surface area is 126 Å². The summed E-state index contributed by atoms with van der Waals surface area (Å²) in [5.74, 6) is -0.0287. The van der Waals surface area contributed by atoms with Crippen LogP contribution in [0.1, 0.15) is 36.2 Å². The van der Waals surface area contributed by atoms with Gasteiger partial charge in [-0.2, -0.15) is 5.10 Å². The van der Waals surface area contributed by atoms with Gasteiger partial charge >= 0.3 is 0 Å². The van der Waals surface area contributed by atoms with E-state index >= 15 is 0 Å². The molecule has 0 spiro atoms. The molecule has 2 fully saturated rings. The standard InChI is InChI=1S/C13H19IN4O/c1-17-7-11(14)12(16-17)13(19)15-8-5-9-3-4-10(6-8)18(9)2/h7-10H,3-6H2,1-2H3,(H,15,19). The normalized spacial score (nSPS) is 30.6. The third kappa shape index (κ3) is 2.52. The molecular weight excluding hydrogens is 355 g/mol. The van der Waals surface area contributed by atoms with Crippen LogP contribution >= 0.6 is 22.6 Å². The van der Waals surface area contributed by atoms with E-state index in [0.29, 0.717) is 23.8 Å². The summed E-state index contributed by atoms with van der Waals surface area (Å²) in [6, 6.07) is 1.60. The van der Waals surface area contributed by atoms with Gasteiger partial charge in [-0.15, -0.1) is 0 Å². The van der Waals surface area contributed by atoms with Gasteiger partial charge in [-0.05, 0) is 55.3 Å². The first-order valence-corrected chi connectivity index (χ1v) is 7.84. The molecule has 1 aromatic rings. The lowest BCUT2D eigenvalue weighted by molar-refractivity contribution is 0.0876. The molecule has 0 aliphatic carbocycles. The summed E-state index contributed by atoms with van der Waals surface area (Å²) in [5.41, 5.74) is 0.550. The number of hydrogen-bond acceptors (Lipinski definition) is 3. The largest absolute Gasteiger partial charge is 0.348 e. The molecule has 104 valence electrons. The predicted molar refractivity (Wildman–Crippen MR) is 81.0 cm³/mol. The molecule has 0 radical (unpaired) electrons. The van der Waals surface area contributed by atoms with E-state index in [0.717, 1.165) is 16.4 Å². The number of aromatic nitrogens is 2. The first kappa shape index (κ1) is 13.4. The van der Waals surface area contributed by atoms with Gasteiger partial charge in [-0.3, -0.25) is 9.48 Å². The number of carbonyl (C=O) groups is 1. The Hall–Kier alpha value is -0.630. The molecule has 1 aromatic heterocycles. The van der Waals surface area contributed by atoms with Crippen LogP contribution in [0.25, 0.3) is 0 Å². The molecule has 1 amide bonds. The summed E-state index contributed by atoms with van der Waals surface area (Å²) in [4.78, 5) is 14.7. The zero-order valence-electron chi connectivity index (χ0n) is 11.3. The van der Waals surface area contributed by atoms with Crippen LogP contribution in [0.15, 0.2) is 6.20 Å². The molecule has 2 atom stereocenters. The third-order valence-electron chi connectivity index (χ3n) is 4.43. The van der Waals surface area contributed by atoms with Gasteiger partial charge in [0.15, 0.2) is 5.69 Å². The maximum Gasteiger partial charge on any atom is 0.273 e. The van der Waals surface area contributed by atoms with Crippen LogP contribution in [-0.2, 0) is 7.05 Å². The number of rotatable bonds is 2. The van der Waals surface area contributed by atoms with Gasteiger partial charge in [0.25, 0.3) is 5.91 Å². The number of aryl methyl sites for hydroxylation is 1. The molecule has 0 aromatic carbocycles. The highest BCUT2D eigenvalue weighted by Crippen LogP contribution is 2.34. The van der Waals surface area contributed by atoms with E-state index in [2.05, 4.69) is 45.0 Å². The number of nitrogens with one attached hydrogen (secondary N) is 1. The molecular formula is C13H19IN4O. The zero-order chi connectivity index (χ0) is 13.6. The van der Waals surface area contributed by atoms with E-state index in [-0.39, 0.29) is 5.91 Å². The lowest BCUT2D eigenvalue weighted by Crippen LogP contribution is -2.48. The van der Waals surface area contributed by atoms with Crippen molar-refractivity contribution in [2.45, 2.75) is 43.8 Å². The minimum atomic E-state index is -0.0287. The Kier molecular flexibility index (Phi) is 3.55. The molecule has 2 saturated heterocycles. The Morgan fingerprint density at radius 2 is 2.00 bits per heavy atom. The van der Waals surface area contributed by atoms with E-state index in [1.165, 1.54) is 12.8 Å². The summed E-state index contributed by atoms with van der Waals surface area (Å²) in [7, 11) is 4.05. The van der Waals surface area contributed by atoms with Crippen LogP contribution in [-0.4, -0.2) is 45.8 Å². The van der Waals surface area contributed by atoms with Crippen LogP contribution in [0.2, 0.25) is 0 Å². The number of fused-ring (bicyclic) bond motifs is 2. The highest BCUT2D eigenvalue weighted by Gasteiger charge is 2.39. The maximum atomic E-state index is 12.3. The molecule has 6 heteroatoms. The molecule has 3 heterocycles. The number of hydrogen-bond donors (Lipinski definition) is 1. The Balaban J connectivity index is 1.66. The Morgan fingerprint density at radius 1 is 1.37 bits per heavy atom. The fourth-order valence-electron chi connectivity index (χ4n) is 3.40. The minimum Gasteiger partial charge on any atom is -0.348 e. The molecule has 3 rings (SSSR count). The average Bonchev–Trinajstić information content (AvgIpc) is 2.77. The smallest absolute Gasteiger partial charge is 0.273 e. The lowest BCUT2D eigenvalue weighted by Gasteiger charge is -2.36. The van der Waals surface area contributed by atoms with Crippen molar-refractivity contribution in [1.82, 2.24) is 20.0 Å². The van der Waals surface area contributed by atoms with Crippen LogP contribution in [0.5, 0.6) is 0 Å². The second-order valence-corrected chi connectivity index (χ2v) is 6.85. The van der Waals surface area contributed by atoms with Crippen molar-refractivity contribution in [1.29, 1.82) is 0 Å². The minimum absolute atomic E-state index is 0.0287. The Morgan fingerprint density at radius 3 is 2.53 bits per heavy atom. The number of amides is 1. The number of nitrogens with zero attached hydrogens (tertiary/aromatic N) is 3. The second-order valence-electron chi connectivity index (χ2n) is 5.69. The summed E-state index contributed by atoms with van der Waals surface area (Å²) >= 11 is 2.16. The molecule has 2 aliphatic heterocycles. The highest BCUT2D eigenvalue weighted by atomic mass is 127. The average molecular weight is 374 g/mol. The van der Waals surface area contributed by atoms with Crippen molar-refractivity contribution in [2.24, 2.45) is 7.05 Å². The fourth-order valence-corrected chi connectivity index (χ4v) is 4.15. The molecule has 0 saturated carbocycles. The van der Waals surface area contributed by atoms with Crippen molar-refractivity contribution >= 4 is 28.5 Å². The van der Waals surface area contributed by atoms with Crippen molar-refractivity contribution in [3.63, 3.8) is 0 Å². The summed E-state index contributed by atoms with van der Waals surface area (Å²) in [6.07, 6.45) is 6.56. The predicted octanol–water partition coefficient (Wildman–Crippen LogP) is 1.38. The Bertz CT molecular complexity index is 487. The second kappa shape index (κ2) is 5.05. The van der Waals surface area contributed by atoms with Gasteiger partial charge in [0, 0.05) is 31.4 Å².